The lowest BCUT2D eigenvalue weighted by Crippen LogP contribution is -2.54. The SMILES string of the molecule is CN(C)C(=O)CO[C@@H]1CC[C@H]2[C@H]1OCCN2C(=O)c1cccn1C. The zero-order valence-electron chi connectivity index (χ0n) is 14.5. The first kappa shape index (κ1) is 17.0. The second kappa shape index (κ2) is 6.94. The van der Waals surface area contributed by atoms with E-state index in [4.69, 9.17) is 9.47 Å². The van der Waals surface area contributed by atoms with Crippen molar-refractivity contribution in [3.63, 3.8) is 0 Å². The van der Waals surface area contributed by atoms with Gasteiger partial charge in [-0.05, 0) is 25.0 Å². The molecule has 0 N–H and O–H groups in total. The molecule has 1 saturated heterocycles. The summed E-state index contributed by atoms with van der Waals surface area (Å²) < 4.78 is 13.5. The number of rotatable bonds is 4. The minimum atomic E-state index is -0.155. The molecule has 0 bridgehead atoms. The van der Waals surface area contributed by atoms with Crippen LogP contribution in [0.25, 0.3) is 0 Å². The number of aryl methyl sites for hydroxylation is 1. The van der Waals surface area contributed by atoms with Gasteiger partial charge in [0.25, 0.3) is 5.91 Å². The van der Waals surface area contributed by atoms with Gasteiger partial charge in [0, 0.05) is 33.9 Å². The molecule has 7 nitrogen and oxygen atoms in total. The van der Waals surface area contributed by atoms with Gasteiger partial charge in [0.1, 0.15) is 18.4 Å². The Morgan fingerprint density at radius 3 is 2.83 bits per heavy atom. The van der Waals surface area contributed by atoms with Crippen molar-refractivity contribution in [1.82, 2.24) is 14.4 Å². The molecule has 24 heavy (non-hydrogen) atoms. The molecule has 0 spiro atoms. The van der Waals surface area contributed by atoms with E-state index in [1.54, 1.807) is 14.1 Å². The van der Waals surface area contributed by atoms with Crippen molar-refractivity contribution in [3.8, 4) is 0 Å². The Bertz CT molecular complexity index is 613. The van der Waals surface area contributed by atoms with Crippen LogP contribution in [0.5, 0.6) is 0 Å². The predicted octanol–water partition coefficient (Wildman–Crippen LogP) is 0.502. The molecule has 3 atom stereocenters. The lowest BCUT2D eigenvalue weighted by atomic mass is 10.1. The highest BCUT2D eigenvalue weighted by Crippen LogP contribution is 2.33. The monoisotopic (exact) mass is 335 g/mol. The van der Waals surface area contributed by atoms with E-state index in [1.807, 2.05) is 34.8 Å². The van der Waals surface area contributed by atoms with Crippen LogP contribution in [0.2, 0.25) is 0 Å². The van der Waals surface area contributed by atoms with Crippen LogP contribution >= 0.6 is 0 Å². The first-order valence-electron chi connectivity index (χ1n) is 8.34. The highest BCUT2D eigenvalue weighted by Gasteiger charge is 2.45. The third-order valence-electron chi connectivity index (χ3n) is 4.88. The van der Waals surface area contributed by atoms with E-state index in [-0.39, 0.29) is 36.7 Å². The summed E-state index contributed by atoms with van der Waals surface area (Å²) in [5.74, 6) is -0.0307. The lowest BCUT2D eigenvalue weighted by molar-refractivity contribution is -0.142. The number of likely N-dealkylation sites (N-methyl/N-ethyl adjacent to an activating group) is 1. The number of amides is 2. The van der Waals surface area contributed by atoms with Gasteiger partial charge in [-0.2, -0.15) is 0 Å². The van der Waals surface area contributed by atoms with Crippen molar-refractivity contribution in [3.05, 3.63) is 24.0 Å². The first-order chi connectivity index (χ1) is 11.5. The normalized spacial score (nSPS) is 26.3. The number of hydrogen-bond acceptors (Lipinski definition) is 4. The number of morpholine rings is 1. The molecular formula is C17H25N3O4. The van der Waals surface area contributed by atoms with Crippen molar-refractivity contribution in [2.75, 3.05) is 33.9 Å². The van der Waals surface area contributed by atoms with E-state index in [0.29, 0.717) is 18.8 Å². The molecule has 2 fully saturated rings. The standard InChI is InChI=1S/C17H25N3O4/c1-18(2)15(21)11-24-14-7-6-12-16(14)23-10-9-20(12)17(22)13-5-4-8-19(13)3/h4-5,8,12,14,16H,6-7,9-11H2,1-3H3/t12-,14+,16+/m0/s1. The van der Waals surface area contributed by atoms with Crippen LogP contribution in [-0.4, -0.2) is 78.3 Å². The lowest BCUT2D eigenvalue weighted by Gasteiger charge is -2.39. The molecule has 1 aromatic heterocycles. The first-order valence-corrected chi connectivity index (χ1v) is 8.34. The van der Waals surface area contributed by atoms with Gasteiger partial charge in [-0.25, -0.2) is 0 Å². The molecule has 1 saturated carbocycles. The molecule has 7 heteroatoms. The maximum Gasteiger partial charge on any atom is 0.270 e. The zero-order chi connectivity index (χ0) is 17.3. The summed E-state index contributed by atoms with van der Waals surface area (Å²) in [6.45, 7) is 1.14. The average molecular weight is 335 g/mol. The summed E-state index contributed by atoms with van der Waals surface area (Å²) in [6, 6.07) is 3.73. The van der Waals surface area contributed by atoms with Crippen LogP contribution in [0.15, 0.2) is 18.3 Å². The third kappa shape index (κ3) is 3.18. The van der Waals surface area contributed by atoms with Gasteiger partial charge in [0.2, 0.25) is 5.91 Å². The molecule has 2 amide bonds. The van der Waals surface area contributed by atoms with Gasteiger partial charge >= 0.3 is 0 Å². The fraction of sp³-hybridized carbons (Fsp3) is 0.647. The largest absolute Gasteiger partial charge is 0.372 e. The smallest absolute Gasteiger partial charge is 0.270 e. The van der Waals surface area contributed by atoms with Crippen molar-refractivity contribution >= 4 is 11.8 Å². The van der Waals surface area contributed by atoms with Crippen LogP contribution in [0.4, 0.5) is 0 Å². The maximum absolute atomic E-state index is 12.8. The molecule has 2 aliphatic rings. The maximum atomic E-state index is 12.8. The van der Waals surface area contributed by atoms with E-state index in [2.05, 4.69) is 0 Å². The quantitative estimate of drug-likeness (QED) is 0.804. The molecular weight excluding hydrogens is 310 g/mol. The van der Waals surface area contributed by atoms with Crippen LogP contribution in [-0.2, 0) is 21.3 Å². The summed E-state index contributed by atoms with van der Waals surface area (Å²) in [5.41, 5.74) is 0.683. The van der Waals surface area contributed by atoms with Gasteiger partial charge in [-0.15, -0.1) is 0 Å². The number of carbonyl (C=O) groups is 2. The Kier molecular flexibility index (Phi) is 4.91. The molecule has 1 aliphatic carbocycles. The summed E-state index contributed by atoms with van der Waals surface area (Å²) in [5, 5.41) is 0. The number of aromatic nitrogens is 1. The van der Waals surface area contributed by atoms with Crippen LogP contribution in [0.1, 0.15) is 23.3 Å². The van der Waals surface area contributed by atoms with E-state index in [1.165, 1.54) is 4.90 Å². The zero-order valence-corrected chi connectivity index (χ0v) is 14.5. The molecule has 1 aromatic rings. The van der Waals surface area contributed by atoms with Gasteiger partial charge in [-0.3, -0.25) is 9.59 Å². The van der Waals surface area contributed by atoms with E-state index < -0.39 is 0 Å². The van der Waals surface area contributed by atoms with Crippen molar-refractivity contribution in [1.29, 1.82) is 0 Å². The summed E-state index contributed by atoms with van der Waals surface area (Å²) >= 11 is 0. The minimum Gasteiger partial charge on any atom is -0.372 e. The number of fused-ring (bicyclic) bond motifs is 1. The minimum absolute atomic E-state index is 0.0145. The topological polar surface area (TPSA) is 64.0 Å². The Labute approximate surface area is 142 Å². The average Bonchev–Trinajstić information content (AvgIpc) is 3.17. The predicted molar refractivity (Wildman–Crippen MR) is 87.6 cm³/mol. The van der Waals surface area contributed by atoms with Crippen molar-refractivity contribution in [2.24, 2.45) is 7.05 Å². The molecule has 0 aromatic carbocycles. The van der Waals surface area contributed by atoms with Crippen molar-refractivity contribution in [2.45, 2.75) is 31.1 Å². The van der Waals surface area contributed by atoms with Gasteiger partial charge in [-0.1, -0.05) is 0 Å². The second-order valence-corrected chi connectivity index (χ2v) is 6.62. The number of carbonyl (C=O) groups excluding carboxylic acids is 2. The Morgan fingerprint density at radius 1 is 1.38 bits per heavy atom. The summed E-state index contributed by atoms with van der Waals surface area (Å²) in [4.78, 5) is 28.0. The van der Waals surface area contributed by atoms with Gasteiger partial charge in [0.15, 0.2) is 0 Å². The highest BCUT2D eigenvalue weighted by atomic mass is 16.5. The van der Waals surface area contributed by atoms with E-state index in [9.17, 15) is 9.59 Å². The van der Waals surface area contributed by atoms with Gasteiger partial charge < -0.3 is 23.8 Å². The molecule has 132 valence electrons. The number of nitrogens with zero attached hydrogens (tertiary/aromatic N) is 3. The summed E-state index contributed by atoms with van der Waals surface area (Å²) in [7, 11) is 5.29. The van der Waals surface area contributed by atoms with Crippen molar-refractivity contribution < 1.29 is 19.1 Å². The molecule has 0 radical (unpaired) electrons. The Hall–Kier alpha value is -1.86. The third-order valence-corrected chi connectivity index (χ3v) is 4.88. The number of ether oxygens (including phenoxy) is 2. The fourth-order valence-corrected chi connectivity index (χ4v) is 3.48. The Morgan fingerprint density at radius 2 is 2.17 bits per heavy atom. The fourth-order valence-electron chi connectivity index (χ4n) is 3.48. The van der Waals surface area contributed by atoms with Gasteiger partial charge in [0.05, 0.1) is 18.8 Å². The highest BCUT2D eigenvalue weighted by molar-refractivity contribution is 5.93. The molecule has 0 unspecified atom stereocenters. The molecule has 3 rings (SSSR count). The van der Waals surface area contributed by atoms with Crippen LogP contribution < -0.4 is 0 Å². The summed E-state index contributed by atoms with van der Waals surface area (Å²) in [6.07, 6.45) is 3.22. The van der Waals surface area contributed by atoms with E-state index >= 15 is 0 Å². The number of hydrogen-bond donors (Lipinski definition) is 0. The second-order valence-electron chi connectivity index (χ2n) is 6.62. The molecule has 1 aliphatic heterocycles. The van der Waals surface area contributed by atoms with Crippen LogP contribution in [0.3, 0.4) is 0 Å². The Balaban J connectivity index is 1.66. The van der Waals surface area contributed by atoms with E-state index in [0.717, 1.165) is 12.8 Å². The molecule has 2 heterocycles. The van der Waals surface area contributed by atoms with Crippen LogP contribution in [0, 0.1) is 0 Å².